The van der Waals surface area contributed by atoms with E-state index in [9.17, 15) is 14.4 Å². The van der Waals surface area contributed by atoms with Crippen LogP contribution in [-0.2, 0) is 25.0 Å². The molecule has 1 saturated carbocycles. The molecule has 3 aliphatic rings. The van der Waals surface area contributed by atoms with Crippen LogP contribution in [-0.4, -0.2) is 76.9 Å². The molecule has 0 spiro atoms. The van der Waals surface area contributed by atoms with E-state index in [2.05, 4.69) is 15.3 Å². The summed E-state index contributed by atoms with van der Waals surface area (Å²) in [7, 11) is 1.48. The standard InChI is InChI=1S/C36H48F2N4O7/c1-9-23-26-18-42(27(23)32(44)47-19-20(2)3)31(43)29(34(4,5)6)41-33(45)49-35(7)17-21(35)12-10-11-15-36(37,38)28-30(48-26)40-25-16-22(46-8)13-14-24(25)39-28/h11,13-16,20-21,23,26-27,29H,9-10,12,17-19H2,1-8H3,(H,41,45)/b15-11+/t21?,23-,26+,27+,29-,35-/m1/s1. The highest BCUT2D eigenvalue weighted by Crippen LogP contribution is 2.50. The molecule has 6 atom stereocenters. The molecule has 2 aromatic rings. The van der Waals surface area contributed by atoms with Crippen molar-refractivity contribution in [2.24, 2.45) is 23.2 Å². The summed E-state index contributed by atoms with van der Waals surface area (Å²) in [5.74, 6) is -5.39. The SMILES string of the molecule is CC[C@@H]1[C@@H]2CN(C(=O)[C@H](C(C)(C)C)NC(=O)O[C@]3(C)CC3CC/C=C/C(F)(F)c3nc4ccc(OC)cc4nc3O2)[C@@H]1C(=O)OCC(C)C. The van der Waals surface area contributed by atoms with Gasteiger partial charge in [-0.1, -0.05) is 47.6 Å². The number of alkyl halides is 2. The topological polar surface area (TPSA) is 129 Å². The summed E-state index contributed by atoms with van der Waals surface area (Å²) in [6.45, 7) is 12.8. The molecule has 268 valence electrons. The zero-order valence-electron chi connectivity index (χ0n) is 29.5. The lowest BCUT2D eigenvalue weighted by Crippen LogP contribution is -2.57. The Kier molecular flexibility index (Phi) is 10.1. The fourth-order valence-corrected chi connectivity index (χ4v) is 6.68. The summed E-state index contributed by atoms with van der Waals surface area (Å²) in [6, 6.07) is 2.53. The highest BCUT2D eigenvalue weighted by Gasteiger charge is 2.55. The van der Waals surface area contributed by atoms with Gasteiger partial charge in [0.1, 0.15) is 29.5 Å². The number of ether oxygens (including phenoxy) is 4. The number of carbonyl (C=O) groups excluding carboxylic acids is 3. The van der Waals surface area contributed by atoms with Gasteiger partial charge in [-0.3, -0.25) is 4.79 Å². The summed E-state index contributed by atoms with van der Waals surface area (Å²) in [6.07, 6.45) is 2.21. The van der Waals surface area contributed by atoms with Gasteiger partial charge in [-0.05, 0) is 62.1 Å². The van der Waals surface area contributed by atoms with Gasteiger partial charge in [-0.15, -0.1) is 0 Å². The number of aromatic nitrogens is 2. The van der Waals surface area contributed by atoms with Gasteiger partial charge in [0.05, 0.1) is 31.3 Å². The first-order valence-corrected chi connectivity index (χ1v) is 17.0. The van der Waals surface area contributed by atoms with Crippen molar-refractivity contribution in [3.63, 3.8) is 0 Å². The lowest BCUT2D eigenvalue weighted by Gasteiger charge is -2.35. The van der Waals surface area contributed by atoms with Gasteiger partial charge in [-0.2, -0.15) is 8.78 Å². The van der Waals surface area contributed by atoms with Crippen LogP contribution in [0.2, 0.25) is 0 Å². The van der Waals surface area contributed by atoms with Gasteiger partial charge in [0.25, 0.3) is 0 Å². The van der Waals surface area contributed by atoms with E-state index in [1.54, 1.807) is 45.9 Å². The summed E-state index contributed by atoms with van der Waals surface area (Å²) in [5, 5.41) is 2.78. The number of fused-ring (bicyclic) bond motifs is 5. The average molecular weight is 687 g/mol. The molecule has 2 bridgehead atoms. The van der Waals surface area contributed by atoms with E-state index in [1.807, 2.05) is 20.8 Å². The maximum Gasteiger partial charge on any atom is 0.408 e. The van der Waals surface area contributed by atoms with Gasteiger partial charge >= 0.3 is 18.0 Å². The number of methoxy groups -OCH3 is 1. The molecule has 1 aromatic heterocycles. The van der Waals surface area contributed by atoms with Gasteiger partial charge in [0.2, 0.25) is 11.8 Å². The molecule has 5 rings (SSSR count). The minimum absolute atomic E-state index is 0.0263. The Hall–Kier alpha value is -4.03. The second-order valence-electron chi connectivity index (χ2n) is 15.1. The second-order valence-corrected chi connectivity index (χ2v) is 15.1. The predicted octanol–water partition coefficient (Wildman–Crippen LogP) is 6.18. The number of hydrogen-bond donors (Lipinski definition) is 1. The van der Waals surface area contributed by atoms with Crippen LogP contribution in [0.25, 0.3) is 11.0 Å². The number of halogens is 2. The Morgan fingerprint density at radius 1 is 1.18 bits per heavy atom. The molecule has 3 heterocycles. The molecule has 2 fully saturated rings. The van der Waals surface area contributed by atoms with Crippen LogP contribution in [0, 0.1) is 23.2 Å². The van der Waals surface area contributed by atoms with Crippen LogP contribution in [0.5, 0.6) is 11.6 Å². The molecule has 1 saturated heterocycles. The lowest BCUT2D eigenvalue weighted by molar-refractivity contribution is -0.157. The molecule has 1 aliphatic carbocycles. The number of carbonyl (C=O) groups is 3. The fraction of sp³-hybridized carbons (Fsp3) is 0.639. The monoisotopic (exact) mass is 686 g/mol. The smallest absolute Gasteiger partial charge is 0.408 e. The van der Waals surface area contributed by atoms with E-state index in [4.69, 9.17) is 18.9 Å². The third kappa shape index (κ3) is 7.75. The third-order valence-electron chi connectivity index (χ3n) is 9.63. The molecule has 2 aliphatic heterocycles. The molecule has 2 amide bonds. The van der Waals surface area contributed by atoms with E-state index < -0.39 is 70.6 Å². The molecule has 1 N–H and O–H groups in total. The molecule has 1 unspecified atom stereocenters. The Morgan fingerprint density at radius 3 is 2.57 bits per heavy atom. The first-order valence-electron chi connectivity index (χ1n) is 17.0. The van der Waals surface area contributed by atoms with Crippen LogP contribution < -0.4 is 14.8 Å². The molecular weight excluding hydrogens is 638 g/mol. The van der Waals surface area contributed by atoms with Crippen molar-refractivity contribution in [1.82, 2.24) is 20.2 Å². The van der Waals surface area contributed by atoms with E-state index >= 15 is 8.78 Å². The van der Waals surface area contributed by atoms with E-state index in [1.165, 1.54) is 18.1 Å². The number of benzene rings is 1. The summed E-state index contributed by atoms with van der Waals surface area (Å²) >= 11 is 0. The van der Waals surface area contributed by atoms with Gasteiger partial charge in [0.15, 0.2) is 5.69 Å². The zero-order valence-corrected chi connectivity index (χ0v) is 29.5. The third-order valence-corrected chi connectivity index (χ3v) is 9.63. The summed E-state index contributed by atoms with van der Waals surface area (Å²) < 4.78 is 55.3. The minimum Gasteiger partial charge on any atom is -0.497 e. The van der Waals surface area contributed by atoms with Crippen molar-refractivity contribution >= 4 is 29.0 Å². The highest BCUT2D eigenvalue weighted by molar-refractivity contribution is 5.91. The predicted molar refractivity (Wildman–Crippen MR) is 177 cm³/mol. The minimum atomic E-state index is -3.58. The number of amides is 2. The second kappa shape index (κ2) is 13.7. The lowest BCUT2D eigenvalue weighted by atomic mass is 9.85. The largest absolute Gasteiger partial charge is 0.497 e. The Balaban J connectivity index is 1.64. The van der Waals surface area contributed by atoms with Gasteiger partial charge in [0, 0.05) is 17.9 Å². The highest BCUT2D eigenvalue weighted by atomic mass is 19.3. The molecular formula is C36H48F2N4O7. The number of nitrogens with zero attached hydrogens (tertiary/aromatic N) is 3. The van der Waals surface area contributed by atoms with Crippen LogP contribution >= 0.6 is 0 Å². The number of allylic oxidation sites excluding steroid dienone is 2. The zero-order chi connectivity index (χ0) is 35.9. The Bertz CT molecular complexity index is 1610. The maximum atomic E-state index is 16.1. The molecule has 0 radical (unpaired) electrons. The van der Waals surface area contributed by atoms with Crippen LogP contribution in [0.3, 0.4) is 0 Å². The molecule has 49 heavy (non-hydrogen) atoms. The van der Waals surface area contributed by atoms with Crippen LogP contribution in [0.1, 0.15) is 79.8 Å². The Labute approximate surface area is 286 Å². The van der Waals surface area contributed by atoms with Gasteiger partial charge < -0.3 is 29.2 Å². The van der Waals surface area contributed by atoms with Crippen molar-refractivity contribution in [1.29, 1.82) is 0 Å². The average Bonchev–Trinajstić information content (AvgIpc) is 3.51. The Morgan fingerprint density at radius 2 is 1.92 bits per heavy atom. The van der Waals surface area contributed by atoms with E-state index in [0.29, 0.717) is 31.4 Å². The van der Waals surface area contributed by atoms with Crippen molar-refractivity contribution in [2.45, 2.75) is 104 Å². The maximum absolute atomic E-state index is 16.1. The first-order chi connectivity index (χ1) is 23.0. The molecule has 1 aromatic carbocycles. The molecule has 11 nitrogen and oxygen atoms in total. The number of esters is 1. The van der Waals surface area contributed by atoms with Crippen molar-refractivity contribution in [2.75, 3.05) is 20.3 Å². The summed E-state index contributed by atoms with van der Waals surface area (Å²) in [4.78, 5) is 51.7. The summed E-state index contributed by atoms with van der Waals surface area (Å²) in [5.41, 5.74) is -1.77. The number of nitrogens with one attached hydrogen (secondary N) is 1. The number of alkyl carbamates (subject to hydrolysis) is 1. The van der Waals surface area contributed by atoms with E-state index in [0.717, 1.165) is 6.08 Å². The number of rotatable bonds is 5. The van der Waals surface area contributed by atoms with Crippen molar-refractivity contribution in [3.05, 3.63) is 36.0 Å². The van der Waals surface area contributed by atoms with Crippen LogP contribution in [0.15, 0.2) is 30.4 Å². The van der Waals surface area contributed by atoms with Crippen molar-refractivity contribution < 1.29 is 42.1 Å². The van der Waals surface area contributed by atoms with E-state index in [-0.39, 0.29) is 36.0 Å². The number of hydrogen-bond acceptors (Lipinski definition) is 9. The first kappa shape index (κ1) is 36.3. The quantitative estimate of drug-likeness (QED) is 0.290. The fourth-order valence-electron chi connectivity index (χ4n) is 6.68. The van der Waals surface area contributed by atoms with Crippen molar-refractivity contribution in [3.8, 4) is 11.6 Å². The van der Waals surface area contributed by atoms with Gasteiger partial charge in [-0.25, -0.2) is 19.6 Å². The molecule has 13 heteroatoms. The van der Waals surface area contributed by atoms with Crippen LogP contribution in [0.4, 0.5) is 13.6 Å². The normalized spacial score (nSPS) is 29.4.